The van der Waals surface area contributed by atoms with E-state index in [1.54, 1.807) is 0 Å². The number of fused-ring (bicyclic) bond motifs is 5. The first-order valence-electron chi connectivity index (χ1n) is 8.82. The van der Waals surface area contributed by atoms with Crippen LogP contribution in [0.15, 0.2) is 45.6 Å². The van der Waals surface area contributed by atoms with Crippen LogP contribution in [0.25, 0.3) is 32.8 Å². The lowest BCUT2D eigenvalue weighted by Crippen LogP contribution is -2.29. The van der Waals surface area contributed by atoms with E-state index in [4.69, 9.17) is 9.40 Å². The minimum absolute atomic E-state index is 0.151. The van der Waals surface area contributed by atoms with Gasteiger partial charge in [-0.25, -0.2) is 4.98 Å². The average Bonchev–Trinajstić information content (AvgIpc) is 2.99. The van der Waals surface area contributed by atoms with E-state index in [0.29, 0.717) is 22.4 Å². The standard InChI is InChI=1S/C20H21N3O2/c1-3-11-23(12-4-2)20-21-15-10-9-14-13-7-5-6-8-16(13)25-18(14)17(15)19(24)22-20/h5-10H,3-4,11-12H2,1-2H3,(H,21,22,24). The van der Waals surface area contributed by atoms with Crippen LogP contribution >= 0.6 is 0 Å². The number of benzene rings is 2. The molecule has 2 heterocycles. The van der Waals surface area contributed by atoms with Crippen LogP contribution in [0, 0.1) is 0 Å². The van der Waals surface area contributed by atoms with Gasteiger partial charge in [-0.1, -0.05) is 32.0 Å². The van der Waals surface area contributed by atoms with Gasteiger partial charge in [0.25, 0.3) is 5.56 Å². The molecule has 0 saturated carbocycles. The Morgan fingerprint density at radius 2 is 1.80 bits per heavy atom. The first-order valence-corrected chi connectivity index (χ1v) is 8.82. The van der Waals surface area contributed by atoms with Crippen molar-refractivity contribution in [3.8, 4) is 0 Å². The number of rotatable bonds is 5. The summed E-state index contributed by atoms with van der Waals surface area (Å²) in [5.74, 6) is 0.636. The normalized spacial score (nSPS) is 11.6. The number of nitrogens with one attached hydrogen (secondary N) is 1. The third-order valence-electron chi connectivity index (χ3n) is 4.49. The van der Waals surface area contributed by atoms with Gasteiger partial charge >= 0.3 is 0 Å². The molecule has 0 radical (unpaired) electrons. The van der Waals surface area contributed by atoms with Crippen molar-refractivity contribution in [1.29, 1.82) is 0 Å². The number of aromatic nitrogens is 2. The molecule has 4 rings (SSSR count). The fourth-order valence-electron chi connectivity index (χ4n) is 3.41. The largest absolute Gasteiger partial charge is 0.455 e. The van der Waals surface area contributed by atoms with E-state index >= 15 is 0 Å². The molecule has 0 atom stereocenters. The molecular weight excluding hydrogens is 314 g/mol. The summed E-state index contributed by atoms with van der Waals surface area (Å²) in [6.07, 6.45) is 2.01. The van der Waals surface area contributed by atoms with Gasteiger partial charge in [-0.05, 0) is 31.0 Å². The fourth-order valence-corrected chi connectivity index (χ4v) is 3.41. The third kappa shape index (κ3) is 2.56. The Bertz CT molecular complexity index is 1100. The molecule has 1 N–H and O–H groups in total. The van der Waals surface area contributed by atoms with Crippen molar-refractivity contribution in [2.24, 2.45) is 0 Å². The van der Waals surface area contributed by atoms with Crippen molar-refractivity contribution in [2.75, 3.05) is 18.0 Å². The Hall–Kier alpha value is -2.82. The van der Waals surface area contributed by atoms with Gasteiger partial charge in [0.05, 0.1) is 5.52 Å². The molecule has 0 aliphatic carbocycles. The molecule has 5 heteroatoms. The molecule has 0 amide bonds. The van der Waals surface area contributed by atoms with Crippen LogP contribution < -0.4 is 10.5 Å². The quantitative estimate of drug-likeness (QED) is 0.585. The molecule has 0 spiro atoms. The van der Waals surface area contributed by atoms with Crippen LogP contribution in [-0.4, -0.2) is 23.1 Å². The first-order chi connectivity index (χ1) is 12.2. The van der Waals surface area contributed by atoms with Gasteiger partial charge in [0.2, 0.25) is 5.95 Å². The van der Waals surface area contributed by atoms with Gasteiger partial charge in [-0.3, -0.25) is 9.78 Å². The zero-order valence-electron chi connectivity index (χ0n) is 14.5. The molecule has 0 saturated heterocycles. The minimum Gasteiger partial charge on any atom is -0.455 e. The SMILES string of the molecule is CCCN(CCC)c1nc2ccc3c4ccccc4oc3c2c(=O)[nH]1. The number of para-hydroxylation sites is 1. The van der Waals surface area contributed by atoms with Gasteiger partial charge in [0, 0.05) is 23.9 Å². The Balaban J connectivity index is 1.97. The van der Waals surface area contributed by atoms with Crippen molar-refractivity contribution in [3.63, 3.8) is 0 Å². The average molecular weight is 335 g/mol. The molecule has 0 aliphatic rings. The highest BCUT2D eigenvalue weighted by atomic mass is 16.3. The molecule has 5 nitrogen and oxygen atoms in total. The highest BCUT2D eigenvalue weighted by Crippen LogP contribution is 2.32. The summed E-state index contributed by atoms with van der Waals surface area (Å²) in [5.41, 5.74) is 1.91. The van der Waals surface area contributed by atoms with E-state index in [9.17, 15) is 4.79 Å². The van der Waals surface area contributed by atoms with E-state index in [0.717, 1.165) is 42.3 Å². The maximum Gasteiger partial charge on any atom is 0.263 e. The van der Waals surface area contributed by atoms with Crippen molar-refractivity contribution >= 4 is 38.8 Å². The van der Waals surface area contributed by atoms with E-state index < -0.39 is 0 Å². The topological polar surface area (TPSA) is 62.1 Å². The lowest BCUT2D eigenvalue weighted by Gasteiger charge is -2.21. The molecule has 128 valence electrons. The molecule has 0 fully saturated rings. The Morgan fingerprint density at radius 1 is 1.04 bits per heavy atom. The van der Waals surface area contributed by atoms with Crippen molar-refractivity contribution in [2.45, 2.75) is 26.7 Å². The van der Waals surface area contributed by atoms with Crippen molar-refractivity contribution < 1.29 is 4.42 Å². The lowest BCUT2D eigenvalue weighted by molar-refractivity contribution is 0.672. The third-order valence-corrected chi connectivity index (χ3v) is 4.49. The van der Waals surface area contributed by atoms with Gasteiger partial charge < -0.3 is 9.32 Å². The molecule has 25 heavy (non-hydrogen) atoms. The van der Waals surface area contributed by atoms with Crippen LogP contribution in [0.3, 0.4) is 0 Å². The minimum atomic E-state index is -0.151. The highest BCUT2D eigenvalue weighted by molar-refractivity contribution is 6.14. The molecule has 0 aliphatic heterocycles. The maximum absolute atomic E-state index is 12.8. The fraction of sp³-hybridized carbons (Fsp3) is 0.300. The molecule has 0 unspecified atom stereocenters. The number of furan rings is 1. The van der Waals surface area contributed by atoms with Crippen molar-refractivity contribution in [3.05, 3.63) is 46.8 Å². The van der Waals surface area contributed by atoms with Crippen LogP contribution in [0.5, 0.6) is 0 Å². The lowest BCUT2D eigenvalue weighted by atomic mass is 10.1. The summed E-state index contributed by atoms with van der Waals surface area (Å²) in [7, 11) is 0. The van der Waals surface area contributed by atoms with Gasteiger partial charge in [0.15, 0.2) is 0 Å². The van der Waals surface area contributed by atoms with E-state index in [1.165, 1.54) is 0 Å². The zero-order chi connectivity index (χ0) is 17.4. The summed E-state index contributed by atoms with van der Waals surface area (Å²) in [4.78, 5) is 22.6. The summed E-state index contributed by atoms with van der Waals surface area (Å²) >= 11 is 0. The van der Waals surface area contributed by atoms with Gasteiger partial charge in [-0.2, -0.15) is 0 Å². The first kappa shape index (κ1) is 15.7. The second-order valence-corrected chi connectivity index (χ2v) is 6.31. The Kier molecular flexibility index (Phi) is 3.92. The molecule has 4 aromatic rings. The smallest absolute Gasteiger partial charge is 0.263 e. The summed E-state index contributed by atoms with van der Waals surface area (Å²) in [6, 6.07) is 11.7. The van der Waals surface area contributed by atoms with Crippen LogP contribution in [0.2, 0.25) is 0 Å². The van der Waals surface area contributed by atoms with Gasteiger partial charge in [0.1, 0.15) is 16.6 Å². The van der Waals surface area contributed by atoms with Crippen LogP contribution in [0.4, 0.5) is 5.95 Å². The Labute approximate surface area is 145 Å². The number of hydrogen-bond donors (Lipinski definition) is 1. The zero-order valence-corrected chi connectivity index (χ0v) is 14.5. The van der Waals surface area contributed by atoms with E-state index in [-0.39, 0.29) is 5.56 Å². The predicted octanol–water partition coefficient (Wildman–Crippen LogP) is 4.45. The summed E-state index contributed by atoms with van der Waals surface area (Å²) in [5, 5.41) is 2.48. The Morgan fingerprint density at radius 3 is 2.56 bits per heavy atom. The van der Waals surface area contributed by atoms with Crippen LogP contribution in [0.1, 0.15) is 26.7 Å². The number of anilines is 1. The second kappa shape index (κ2) is 6.24. The van der Waals surface area contributed by atoms with E-state index in [1.807, 2.05) is 36.4 Å². The second-order valence-electron chi connectivity index (χ2n) is 6.31. The monoisotopic (exact) mass is 335 g/mol. The predicted molar refractivity (Wildman–Crippen MR) is 102 cm³/mol. The molecule has 2 aromatic carbocycles. The van der Waals surface area contributed by atoms with Crippen LogP contribution in [-0.2, 0) is 0 Å². The number of hydrogen-bond acceptors (Lipinski definition) is 4. The molecule has 2 aromatic heterocycles. The van der Waals surface area contributed by atoms with Crippen molar-refractivity contribution in [1.82, 2.24) is 9.97 Å². The highest BCUT2D eigenvalue weighted by Gasteiger charge is 2.16. The summed E-state index contributed by atoms with van der Waals surface area (Å²) in [6.45, 7) is 5.99. The maximum atomic E-state index is 12.8. The molecule has 0 bridgehead atoms. The number of nitrogens with zero attached hydrogens (tertiary/aromatic N) is 2. The summed E-state index contributed by atoms with van der Waals surface area (Å²) < 4.78 is 5.97. The number of aromatic amines is 1. The van der Waals surface area contributed by atoms with E-state index in [2.05, 4.69) is 23.7 Å². The number of H-pyrrole nitrogens is 1. The van der Waals surface area contributed by atoms with Gasteiger partial charge in [-0.15, -0.1) is 0 Å². The molecular formula is C20H21N3O2.